The Bertz CT molecular complexity index is 1040. The Morgan fingerprint density at radius 3 is 2.15 bits per heavy atom. The summed E-state index contributed by atoms with van der Waals surface area (Å²) in [6.07, 6.45) is 1.90. The molecule has 0 spiro atoms. The summed E-state index contributed by atoms with van der Waals surface area (Å²) in [6, 6.07) is 26.0. The highest BCUT2D eigenvalue weighted by Gasteiger charge is 2.28. The molecular weight excluding hydrogens is 400 g/mol. The number of carbonyl (C=O) groups excluding carboxylic acids is 1. The summed E-state index contributed by atoms with van der Waals surface area (Å²) >= 11 is 3.41. The number of halogens is 1. The first-order valence-corrected chi connectivity index (χ1v) is 9.44. The quantitative estimate of drug-likeness (QED) is 0.487. The lowest BCUT2D eigenvalue weighted by Gasteiger charge is -2.11. The fraction of sp³-hybridized carbons (Fsp3) is 0.0435. The van der Waals surface area contributed by atoms with Crippen molar-refractivity contribution in [2.24, 2.45) is 5.10 Å². The van der Waals surface area contributed by atoms with E-state index in [1.54, 1.807) is 0 Å². The van der Waals surface area contributed by atoms with Crippen molar-refractivity contribution in [1.82, 2.24) is 0 Å². The molecule has 4 heteroatoms. The Labute approximate surface area is 166 Å². The third kappa shape index (κ3) is 3.62. The molecule has 132 valence electrons. The second-order valence-electron chi connectivity index (χ2n) is 6.32. The normalized spacial score (nSPS) is 15.3. The van der Waals surface area contributed by atoms with Crippen LogP contribution in [0.1, 0.15) is 12.5 Å². The summed E-state index contributed by atoms with van der Waals surface area (Å²) < 4.78 is 0.966. The predicted molar refractivity (Wildman–Crippen MR) is 115 cm³/mol. The second kappa shape index (κ2) is 7.33. The molecule has 27 heavy (non-hydrogen) atoms. The number of amides is 1. The van der Waals surface area contributed by atoms with Gasteiger partial charge in [-0.05, 0) is 54.0 Å². The van der Waals surface area contributed by atoms with Gasteiger partial charge in [-0.1, -0.05) is 70.5 Å². The van der Waals surface area contributed by atoms with Crippen LogP contribution in [0.15, 0.2) is 94.0 Å². The number of hydrazone groups is 1. The van der Waals surface area contributed by atoms with Gasteiger partial charge < -0.3 is 0 Å². The molecule has 0 radical (unpaired) electrons. The highest BCUT2D eigenvalue weighted by Crippen LogP contribution is 2.27. The minimum Gasteiger partial charge on any atom is -0.267 e. The standard InChI is InChI=1S/C23H17BrN2O/c1-16-22(23(27)26(25-16)21-13-11-20(24)12-14-21)15-17-7-9-19(10-8-17)18-5-3-2-4-6-18/h2-15H,1H3/b22-15+. The molecule has 1 amide bonds. The molecule has 0 saturated heterocycles. The molecule has 0 fully saturated rings. The Morgan fingerprint density at radius 1 is 0.852 bits per heavy atom. The first-order valence-electron chi connectivity index (χ1n) is 8.64. The summed E-state index contributed by atoms with van der Waals surface area (Å²) in [7, 11) is 0. The third-order valence-electron chi connectivity index (χ3n) is 4.46. The number of anilines is 1. The van der Waals surface area contributed by atoms with Crippen LogP contribution in [0, 0.1) is 0 Å². The summed E-state index contributed by atoms with van der Waals surface area (Å²) in [6.45, 7) is 1.86. The van der Waals surface area contributed by atoms with Crippen LogP contribution in [0.3, 0.4) is 0 Å². The number of nitrogens with zero attached hydrogens (tertiary/aromatic N) is 2. The second-order valence-corrected chi connectivity index (χ2v) is 7.24. The van der Waals surface area contributed by atoms with Gasteiger partial charge in [0.05, 0.1) is 17.0 Å². The van der Waals surface area contributed by atoms with E-state index in [4.69, 9.17) is 0 Å². The Hall–Kier alpha value is -2.98. The van der Waals surface area contributed by atoms with E-state index < -0.39 is 0 Å². The Kier molecular flexibility index (Phi) is 4.73. The lowest BCUT2D eigenvalue weighted by molar-refractivity contribution is -0.114. The van der Waals surface area contributed by atoms with Gasteiger partial charge >= 0.3 is 0 Å². The van der Waals surface area contributed by atoms with E-state index in [9.17, 15) is 4.79 Å². The molecule has 4 rings (SSSR count). The number of hydrogen-bond donors (Lipinski definition) is 0. The van der Waals surface area contributed by atoms with Crippen LogP contribution < -0.4 is 5.01 Å². The van der Waals surface area contributed by atoms with Gasteiger partial charge in [-0.15, -0.1) is 0 Å². The SMILES string of the molecule is CC1=NN(c2ccc(Br)cc2)C(=O)/C1=C/c1ccc(-c2ccccc2)cc1. The molecule has 0 aromatic heterocycles. The summed E-state index contributed by atoms with van der Waals surface area (Å²) in [5.74, 6) is -0.109. The van der Waals surface area contributed by atoms with E-state index in [1.165, 1.54) is 10.6 Å². The highest BCUT2D eigenvalue weighted by atomic mass is 79.9. The van der Waals surface area contributed by atoms with Crippen LogP contribution in [-0.2, 0) is 4.79 Å². The average Bonchev–Trinajstić information content (AvgIpc) is 2.98. The van der Waals surface area contributed by atoms with Gasteiger partial charge in [0, 0.05) is 4.47 Å². The molecule has 0 N–H and O–H groups in total. The van der Waals surface area contributed by atoms with Crippen molar-refractivity contribution < 1.29 is 4.79 Å². The van der Waals surface area contributed by atoms with Gasteiger partial charge in [0.2, 0.25) is 0 Å². The summed E-state index contributed by atoms with van der Waals surface area (Å²) in [5, 5.41) is 5.88. The lowest BCUT2D eigenvalue weighted by atomic mass is 10.0. The molecule has 1 aliphatic rings. The molecule has 1 heterocycles. The Morgan fingerprint density at radius 2 is 1.48 bits per heavy atom. The Balaban J connectivity index is 1.60. The van der Waals surface area contributed by atoms with Crippen molar-refractivity contribution in [1.29, 1.82) is 0 Å². The number of hydrogen-bond acceptors (Lipinski definition) is 2. The first kappa shape index (κ1) is 17.4. The molecule has 3 nitrogen and oxygen atoms in total. The molecule has 3 aromatic rings. The van der Waals surface area contributed by atoms with Crippen LogP contribution in [0.5, 0.6) is 0 Å². The zero-order valence-corrected chi connectivity index (χ0v) is 16.3. The zero-order valence-electron chi connectivity index (χ0n) is 14.8. The monoisotopic (exact) mass is 416 g/mol. The van der Waals surface area contributed by atoms with Gasteiger partial charge in [-0.2, -0.15) is 10.1 Å². The molecule has 0 aliphatic carbocycles. The van der Waals surface area contributed by atoms with E-state index in [0.29, 0.717) is 5.57 Å². The van der Waals surface area contributed by atoms with E-state index in [2.05, 4.69) is 45.3 Å². The highest BCUT2D eigenvalue weighted by molar-refractivity contribution is 9.10. The van der Waals surface area contributed by atoms with Crippen molar-refractivity contribution in [3.8, 4) is 11.1 Å². The lowest BCUT2D eigenvalue weighted by Crippen LogP contribution is -2.21. The summed E-state index contributed by atoms with van der Waals surface area (Å²) in [5.41, 5.74) is 5.39. The van der Waals surface area contributed by atoms with Crippen LogP contribution in [0.25, 0.3) is 17.2 Å². The van der Waals surface area contributed by atoms with Gasteiger partial charge in [0.1, 0.15) is 0 Å². The smallest absolute Gasteiger partial charge is 0.267 e. The van der Waals surface area contributed by atoms with Crippen LogP contribution >= 0.6 is 15.9 Å². The fourth-order valence-corrected chi connectivity index (χ4v) is 3.27. The van der Waals surface area contributed by atoms with Gasteiger partial charge in [0.25, 0.3) is 5.91 Å². The van der Waals surface area contributed by atoms with Gasteiger partial charge in [-0.3, -0.25) is 4.79 Å². The number of benzene rings is 3. The maximum atomic E-state index is 12.8. The van der Waals surface area contributed by atoms with E-state index in [1.807, 2.05) is 67.6 Å². The van der Waals surface area contributed by atoms with Crippen molar-refractivity contribution >= 4 is 39.3 Å². The van der Waals surface area contributed by atoms with Crippen molar-refractivity contribution in [2.45, 2.75) is 6.92 Å². The number of carbonyl (C=O) groups is 1. The average molecular weight is 417 g/mol. The first-order chi connectivity index (χ1) is 13.1. The largest absolute Gasteiger partial charge is 0.280 e. The predicted octanol–water partition coefficient (Wildman–Crippen LogP) is 5.92. The minimum atomic E-state index is -0.109. The maximum Gasteiger partial charge on any atom is 0.280 e. The molecule has 0 bridgehead atoms. The van der Waals surface area contributed by atoms with Gasteiger partial charge in [-0.25, -0.2) is 0 Å². The van der Waals surface area contributed by atoms with E-state index >= 15 is 0 Å². The molecule has 0 unspecified atom stereocenters. The molecule has 0 saturated carbocycles. The molecule has 0 atom stereocenters. The minimum absolute atomic E-state index is 0.109. The van der Waals surface area contributed by atoms with Crippen LogP contribution in [-0.4, -0.2) is 11.6 Å². The number of rotatable bonds is 3. The van der Waals surface area contributed by atoms with E-state index in [0.717, 1.165) is 27.0 Å². The van der Waals surface area contributed by atoms with Crippen molar-refractivity contribution in [3.63, 3.8) is 0 Å². The molecule has 3 aromatic carbocycles. The summed E-state index contributed by atoms with van der Waals surface area (Å²) in [4.78, 5) is 12.8. The molecular formula is C23H17BrN2O. The van der Waals surface area contributed by atoms with Crippen LogP contribution in [0.4, 0.5) is 5.69 Å². The van der Waals surface area contributed by atoms with Crippen molar-refractivity contribution in [3.05, 3.63) is 94.5 Å². The topological polar surface area (TPSA) is 32.7 Å². The zero-order chi connectivity index (χ0) is 18.8. The molecule has 1 aliphatic heterocycles. The maximum absolute atomic E-state index is 12.8. The third-order valence-corrected chi connectivity index (χ3v) is 4.99. The van der Waals surface area contributed by atoms with Gasteiger partial charge in [0.15, 0.2) is 0 Å². The van der Waals surface area contributed by atoms with E-state index in [-0.39, 0.29) is 5.91 Å². The fourth-order valence-electron chi connectivity index (χ4n) is 3.01. The van der Waals surface area contributed by atoms with Crippen LogP contribution in [0.2, 0.25) is 0 Å². The van der Waals surface area contributed by atoms with Crippen molar-refractivity contribution in [2.75, 3.05) is 5.01 Å².